The molecule has 0 aliphatic heterocycles. The topological polar surface area (TPSA) is 52.8 Å². The first-order valence-electron chi connectivity index (χ1n) is 2.14. The van der Waals surface area contributed by atoms with Crippen LogP contribution in [0.3, 0.4) is 0 Å². The Morgan fingerprint density at radius 2 is 2.38 bits per heavy atom. The summed E-state index contributed by atoms with van der Waals surface area (Å²) in [6, 6.07) is 0. The molecule has 0 fully saturated rings. The lowest BCUT2D eigenvalue weighted by Crippen LogP contribution is -2.09. The van der Waals surface area contributed by atoms with E-state index in [2.05, 4.69) is 20.4 Å². The zero-order chi connectivity index (χ0) is 5.98. The summed E-state index contributed by atoms with van der Waals surface area (Å²) in [4.78, 5) is 5.90. The molecule has 0 radical (unpaired) electrons. The van der Waals surface area contributed by atoms with Crippen molar-refractivity contribution in [2.75, 3.05) is 7.11 Å². The summed E-state index contributed by atoms with van der Waals surface area (Å²) < 4.78 is 0. The second-order valence-corrected chi connectivity index (χ2v) is 1.28. The second-order valence-electron chi connectivity index (χ2n) is 1.28. The molecule has 0 amide bonds. The maximum atomic E-state index is 4.67. The van der Waals surface area contributed by atoms with Crippen molar-refractivity contribution < 1.29 is 4.84 Å². The quantitative estimate of drug-likeness (QED) is 0.472. The minimum Gasteiger partial charge on any atom is -0.397 e. The third kappa shape index (κ3) is 0.617. The van der Waals surface area contributed by atoms with Gasteiger partial charge in [-0.15, -0.1) is 5.10 Å². The van der Waals surface area contributed by atoms with E-state index in [1.54, 1.807) is 6.92 Å². The number of aromatic nitrogens is 4. The summed E-state index contributed by atoms with van der Waals surface area (Å²) in [6.45, 7) is 1.75. The zero-order valence-corrected chi connectivity index (χ0v) is 4.70. The van der Waals surface area contributed by atoms with Crippen LogP contribution in [0.1, 0.15) is 5.82 Å². The van der Waals surface area contributed by atoms with Crippen LogP contribution in [0.5, 0.6) is 0 Å². The zero-order valence-electron chi connectivity index (χ0n) is 4.70. The molecule has 8 heavy (non-hydrogen) atoms. The Morgan fingerprint density at radius 3 is 2.62 bits per heavy atom. The first kappa shape index (κ1) is 5.02. The summed E-state index contributed by atoms with van der Waals surface area (Å²) in [5, 5.41) is 10.4. The Morgan fingerprint density at radius 1 is 1.62 bits per heavy atom. The third-order valence-electron chi connectivity index (χ3n) is 0.760. The Hall–Kier alpha value is -1.13. The fourth-order valence-corrected chi connectivity index (χ4v) is 0.393. The van der Waals surface area contributed by atoms with Gasteiger partial charge < -0.3 is 4.84 Å². The van der Waals surface area contributed by atoms with E-state index in [0.717, 1.165) is 0 Å². The van der Waals surface area contributed by atoms with Crippen molar-refractivity contribution in [1.82, 2.24) is 20.4 Å². The van der Waals surface area contributed by atoms with Crippen LogP contribution in [-0.4, -0.2) is 27.5 Å². The van der Waals surface area contributed by atoms with Crippen molar-refractivity contribution in [3.05, 3.63) is 5.82 Å². The predicted molar refractivity (Wildman–Crippen MR) is 25.1 cm³/mol. The molecule has 0 aliphatic carbocycles. The molecule has 5 nitrogen and oxygen atoms in total. The molecule has 0 bridgehead atoms. The van der Waals surface area contributed by atoms with Crippen LogP contribution in [-0.2, 0) is 0 Å². The molecule has 1 aromatic heterocycles. The van der Waals surface area contributed by atoms with Crippen LogP contribution in [0.4, 0.5) is 0 Å². The highest BCUT2D eigenvalue weighted by Crippen LogP contribution is 1.79. The van der Waals surface area contributed by atoms with Crippen LogP contribution in [0.25, 0.3) is 0 Å². The average Bonchev–Trinajstić information content (AvgIpc) is 2.14. The number of aryl methyl sites for hydroxylation is 1. The van der Waals surface area contributed by atoms with Gasteiger partial charge in [0.1, 0.15) is 7.11 Å². The molecule has 0 N–H and O–H groups in total. The molecule has 44 valence electrons. The van der Waals surface area contributed by atoms with Gasteiger partial charge in [0.15, 0.2) is 5.82 Å². The van der Waals surface area contributed by atoms with Gasteiger partial charge in [-0.25, -0.2) is 0 Å². The lowest BCUT2D eigenvalue weighted by Gasteiger charge is -1.93. The van der Waals surface area contributed by atoms with Crippen molar-refractivity contribution in [3.8, 4) is 0 Å². The van der Waals surface area contributed by atoms with Crippen LogP contribution in [0.2, 0.25) is 0 Å². The van der Waals surface area contributed by atoms with Crippen molar-refractivity contribution in [2.45, 2.75) is 6.92 Å². The van der Waals surface area contributed by atoms with Crippen LogP contribution in [0, 0.1) is 6.92 Å². The largest absolute Gasteiger partial charge is 0.397 e. The fourth-order valence-electron chi connectivity index (χ4n) is 0.393. The smallest absolute Gasteiger partial charge is 0.189 e. The Balaban J connectivity index is 2.92. The minimum absolute atomic E-state index is 0.646. The highest BCUT2D eigenvalue weighted by Gasteiger charge is 1.94. The normalized spacial score (nSPS) is 9.25. The second kappa shape index (κ2) is 1.77. The maximum Gasteiger partial charge on any atom is 0.189 e. The number of rotatable bonds is 1. The van der Waals surface area contributed by atoms with Gasteiger partial charge >= 0.3 is 0 Å². The summed E-state index contributed by atoms with van der Waals surface area (Å²) in [6.07, 6.45) is 0. The summed E-state index contributed by atoms with van der Waals surface area (Å²) in [7, 11) is 1.50. The van der Waals surface area contributed by atoms with Gasteiger partial charge in [-0.05, 0) is 10.4 Å². The molecule has 0 spiro atoms. The van der Waals surface area contributed by atoms with E-state index in [0.29, 0.717) is 5.82 Å². The van der Waals surface area contributed by atoms with Gasteiger partial charge in [0, 0.05) is 6.92 Å². The molecular formula is C3H6N4O. The molecule has 0 saturated heterocycles. The molecule has 0 saturated carbocycles. The van der Waals surface area contributed by atoms with Gasteiger partial charge in [-0.2, -0.15) is 0 Å². The van der Waals surface area contributed by atoms with E-state index in [9.17, 15) is 0 Å². The van der Waals surface area contributed by atoms with E-state index >= 15 is 0 Å². The van der Waals surface area contributed by atoms with Crippen molar-refractivity contribution in [3.63, 3.8) is 0 Å². The minimum atomic E-state index is 0.646. The molecule has 0 aromatic carbocycles. The summed E-state index contributed by atoms with van der Waals surface area (Å²) in [5.74, 6) is 0.646. The van der Waals surface area contributed by atoms with Gasteiger partial charge in [-0.1, -0.05) is 4.85 Å². The number of hydrogen-bond acceptors (Lipinski definition) is 4. The first-order valence-corrected chi connectivity index (χ1v) is 2.14. The molecular weight excluding hydrogens is 108 g/mol. The molecule has 0 atom stereocenters. The van der Waals surface area contributed by atoms with Crippen molar-refractivity contribution >= 4 is 0 Å². The van der Waals surface area contributed by atoms with Gasteiger partial charge in [-0.3, -0.25) is 0 Å². The first-order chi connectivity index (χ1) is 3.84. The fraction of sp³-hybridized carbons (Fsp3) is 0.667. The number of hydrogen-bond donors (Lipinski definition) is 0. The van der Waals surface area contributed by atoms with E-state index in [4.69, 9.17) is 0 Å². The van der Waals surface area contributed by atoms with Crippen molar-refractivity contribution in [2.24, 2.45) is 0 Å². The highest BCUT2D eigenvalue weighted by molar-refractivity contribution is 4.67. The van der Waals surface area contributed by atoms with Gasteiger partial charge in [0.2, 0.25) is 0 Å². The summed E-state index contributed by atoms with van der Waals surface area (Å²) >= 11 is 0. The van der Waals surface area contributed by atoms with Crippen molar-refractivity contribution in [1.29, 1.82) is 0 Å². The number of tetrazole rings is 1. The molecule has 0 aliphatic rings. The third-order valence-corrected chi connectivity index (χ3v) is 0.760. The van der Waals surface area contributed by atoms with Gasteiger partial charge in [0.05, 0.1) is 0 Å². The SMILES string of the molecule is COn1nnnc1C. The highest BCUT2D eigenvalue weighted by atomic mass is 16.7. The van der Waals surface area contributed by atoms with Gasteiger partial charge in [0.25, 0.3) is 0 Å². The van der Waals surface area contributed by atoms with E-state index < -0.39 is 0 Å². The van der Waals surface area contributed by atoms with Crippen LogP contribution in [0.15, 0.2) is 0 Å². The molecule has 1 heterocycles. The summed E-state index contributed by atoms with van der Waals surface area (Å²) in [5.41, 5.74) is 0. The van der Waals surface area contributed by atoms with Crippen LogP contribution < -0.4 is 4.84 Å². The molecule has 5 heteroatoms. The molecule has 1 aromatic rings. The Bertz CT molecular complexity index is 172. The Labute approximate surface area is 46.2 Å². The predicted octanol–water partition coefficient (Wildman–Crippen LogP) is -0.960. The maximum absolute atomic E-state index is 4.67. The van der Waals surface area contributed by atoms with Crippen LogP contribution >= 0.6 is 0 Å². The standard InChI is InChI=1S/C3H6N4O/c1-3-4-5-6-7(3)8-2/h1-2H3. The molecule has 1 rings (SSSR count). The monoisotopic (exact) mass is 114 g/mol. The lowest BCUT2D eigenvalue weighted by molar-refractivity contribution is 0.123. The lowest BCUT2D eigenvalue weighted by atomic mass is 10.8. The van der Waals surface area contributed by atoms with E-state index in [1.807, 2.05) is 0 Å². The Kier molecular flexibility index (Phi) is 1.11. The van der Waals surface area contributed by atoms with E-state index in [-0.39, 0.29) is 0 Å². The average molecular weight is 114 g/mol. The molecule has 0 unspecified atom stereocenters. The van der Waals surface area contributed by atoms with E-state index in [1.165, 1.54) is 12.0 Å². The number of nitrogens with zero attached hydrogens (tertiary/aromatic N) is 4.